The third kappa shape index (κ3) is 2.86. The van der Waals surface area contributed by atoms with Crippen LogP contribution in [-0.2, 0) is 19.5 Å². The van der Waals surface area contributed by atoms with E-state index < -0.39 is 0 Å². The Balaban J connectivity index is 1.77. The van der Waals surface area contributed by atoms with Crippen molar-refractivity contribution in [2.24, 2.45) is 0 Å². The molecule has 1 aromatic heterocycles. The summed E-state index contributed by atoms with van der Waals surface area (Å²) in [6.07, 6.45) is 0.802. The molecule has 0 radical (unpaired) electrons. The lowest BCUT2D eigenvalue weighted by Crippen LogP contribution is -2.35. The average molecular weight is 280 g/mol. The molecular weight excluding hydrogens is 264 g/mol. The van der Waals surface area contributed by atoms with Crippen LogP contribution >= 0.6 is 0 Å². The minimum atomic E-state index is -0.0259. The molecule has 0 aliphatic carbocycles. The lowest BCUT2D eigenvalue weighted by atomic mass is 10.1. The van der Waals surface area contributed by atoms with E-state index in [9.17, 15) is 4.79 Å². The molecule has 2 aromatic rings. The van der Waals surface area contributed by atoms with Crippen LogP contribution in [0.25, 0.3) is 0 Å². The van der Waals surface area contributed by atoms with Crippen molar-refractivity contribution in [1.82, 2.24) is 14.9 Å². The average Bonchev–Trinajstić information content (AvgIpc) is 2.48. The van der Waals surface area contributed by atoms with Gasteiger partial charge in [-0.25, -0.2) is 4.98 Å². The zero-order valence-electron chi connectivity index (χ0n) is 11.9. The largest absolute Gasteiger partial charge is 0.310 e. The van der Waals surface area contributed by atoms with Gasteiger partial charge in [0, 0.05) is 26.1 Å². The summed E-state index contributed by atoms with van der Waals surface area (Å²) in [7, 11) is 0. The number of aryl methyl sites for hydroxylation is 1. The Kier molecular flexibility index (Phi) is 3.55. The normalized spacial score (nSPS) is 14.5. The number of nitrogens with zero attached hydrogens (tertiary/aromatic N) is 3. The molecule has 5 heteroatoms. The number of hydrogen-bond donors (Lipinski definition) is 1. The summed E-state index contributed by atoms with van der Waals surface area (Å²) in [5.74, 6) is 0.680. The van der Waals surface area contributed by atoms with Gasteiger partial charge < -0.3 is 4.98 Å². The van der Waals surface area contributed by atoms with Crippen LogP contribution in [0, 0.1) is 18.3 Å². The van der Waals surface area contributed by atoms with Crippen molar-refractivity contribution in [3.05, 3.63) is 62.8 Å². The highest BCUT2D eigenvalue weighted by atomic mass is 16.1. The van der Waals surface area contributed by atoms with E-state index in [-0.39, 0.29) is 5.56 Å². The SMILES string of the molecule is Cc1nc2c(c(=O)[nH]1)CN(Cc1ccc(C#N)cc1)CC2. The Morgan fingerprint density at radius 3 is 2.86 bits per heavy atom. The van der Waals surface area contributed by atoms with Crippen molar-refractivity contribution in [2.45, 2.75) is 26.4 Å². The van der Waals surface area contributed by atoms with Crippen LogP contribution in [0.5, 0.6) is 0 Å². The summed E-state index contributed by atoms with van der Waals surface area (Å²) in [5.41, 5.74) is 3.49. The number of aromatic nitrogens is 2. The zero-order chi connectivity index (χ0) is 14.8. The van der Waals surface area contributed by atoms with Crippen LogP contribution in [0.1, 0.15) is 28.2 Å². The van der Waals surface area contributed by atoms with Gasteiger partial charge in [0.1, 0.15) is 5.82 Å². The van der Waals surface area contributed by atoms with Gasteiger partial charge in [0.2, 0.25) is 0 Å². The summed E-state index contributed by atoms with van der Waals surface area (Å²) in [5, 5.41) is 8.81. The van der Waals surface area contributed by atoms with Crippen molar-refractivity contribution in [3.8, 4) is 6.07 Å². The molecule has 0 spiro atoms. The van der Waals surface area contributed by atoms with Gasteiger partial charge in [-0.1, -0.05) is 12.1 Å². The summed E-state index contributed by atoms with van der Waals surface area (Å²) in [4.78, 5) is 21.4. The highest BCUT2D eigenvalue weighted by molar-refractivity contribution is 5.31. The number of hydrogen-bond acceptors (Lipinski definition) is 4. The van der Waals surface area contributed by atoms with Gasteiger partial charge in [-0.3, -0.25) is 9.69 Å². The van der Waals surface area contributed by atoms with E-state index in [1.54, 1.807) is 0 Å². The van der Waals surface area contributed by atoms with E-state index in [1.165, 1.54) is 0 Å². The number of H-pyrrole nitrogens is 1. The van der Waals surface area contributed by atoms with Gasteiger partial charge in [0.15, 0.2) is 0 Å². The molecule has 0 saturated carbocycles. The second-order valence-corrected chi connectivity index (χ2v) is 5.35. The highest BCUT2D eigenvalue weighted by Gasteiger charge is 2.20. The van der Waals surface area contributed by atoms with Crippen molar-refractivity contribution in [1.29, 1.82) is 5.26 Å². The molecule has 0 fully saturated rings. The van der Waals surface area contributed by atoms with Gasteiger partial charge in [-0.05, 0) is 24.6 Å². The van der Waals surface area contributed by atoms with Gasteiger partial charge in [0.25, 0.3) is 5.56 Å². The molecule has 1 N–H and O–H groups in total. The summed E-state index contributed by atoms with van der Waals surface area (Å²) >= 11 is 0. The number of rotatable bonds is 2. The fourth-order valence-electron chi connectivity index (χ4n) is 2.68. The van der Waals surface area contributed by atoms with Crippen LogP contribution < -0.4 is 5.56 Å². The molecule has 106 valence electrons. The summed E-state index contributed by atoms with van der Waals surface area (Å²) in [6, 6.07) is 9.69. The van der Waals surface area contributed by atoms with Crippen LogP contribution in [0.4, 0.5) is 0 Å². The molecule has 1 aliphatic rings. The summed E-state index contributed by atoms with van der Waals surface area (Å²) in [6.45, 7) is 4.10. The second kappa shape index (κ2) is 5.51. The Morgan fingerprint density at radius 1 is 1.38 bits per heavy atom. The van der Waals surface area contributed by atoms with E-state index in [2.05, 4.69) is 20.9 Å². The molecule has 3 rings (SSSR count). The van der Waals surface area contributed by atoms with E-state index >= 15 is 0 Å². The first-order valence-electron chi connectivity index (χ1n) is 6.96. The molecule has 21 heavy (non-hydrogen) atoms. The molecular formula is C16H16N4O. The maximum Gasteiger partial charge on any atom is 0.255 e. The smallest absolute Gasteiger partial charge is 0.255 e. The van der Waals surface area contributed by atoms with Crippen molar-refractivity contribution in [2.75, 3.05) is 6.54 Å². The van der Waals surface area contributed by atoms with Crippen LogP contribution in [0.15, 0.2) is 29.1 Å². The second-order valence-electron chi connectivity index (χ2n) is 5.35. The molecule has 5 nitrogen and oxygen atoms in total. The van der Waals surface area contributed by atoms with Crippen molar-refractivity contribution in [3.63, 3.8) is 0 Å². The third-order valence-electron chi connectivity index (χ3n) is 3.76. The standard InChI is InChI=1S/C16H16N4O/c1-11-18-15-6-7-20(10-14(15)16(21)19-11)9-13-4-2-12(8-17)3-5-13/h2-5H,6-7,9-10H2,1H3,(H,18,19,21). The lowest BCUT2D eigenvalue weighted by molar-refractivity contribution is 0.241. The molecule has 0 unspecified atom stereocenters. The number of fused-ring (bicyclic) bond motifs is 1. The van der Waals surface area contributed by atoms with E-state index in [1.807, 2.05) is 31.2 Å². The number of nitriles is 1. The third-order valence-corrected chi connectivity index (χ3v) is 3.76. The van der Waals surface area contributed by atoms with E-state index in [0.717, 1.165) is 36.3 Å². The predicted octanol–water partition coefficient (Wildman–Crippen LogP) is 1.51. The van der Waals surface area contributed by atoms with Gasteiger partial charge in [-0.15, -0.1) is 0 Å². The maximum absolute atomic E-state index is 12.0. The van der Waals surface area contributed by atoms with Crippen LogP contribution in [-0.4, -0.2) is 21.4 Å². The Labute approximate surface area is 122 Å². The van der Waals surface area contributed by atoms with Gasteiger partial charge >= 0.3 is 0 Å². The first kappa shape index (κ1) is 13.5. The van der Waals surface area contributed by atoms with Gasteiger partial charge in [0.05, 0.1) is 22.9 Å². The Morgan fingerprint density at radius 2 is 2.14 bits per heavy atom. The van der Waals surface area contributed by atoms with Crippen LogP contribution in [0.3, 0.4) is 0 Å². The predicted molar refractivity (Wildman–Crippen MR) is 78.6 cm³/mol. The minimum Gasteiger partial charge on any atom is -0.310 e. The molecule has 0 atom stereocenters. The van der Waals surface area contributed by atoms with Crippen molar-refractivity contribution < 1.29 is 0 Å². The molecule has 1 aromatic carbocycles. The number of aromatic amines is 1. The monoisotopic (exact) mass is 280 g/mol. The minimum absolute atomic E-state index is 0.0259. The fraction of sp³-hybridized carbons (Fsp3) is 0.312. The Hall–Kier alpha value is -2.45. The molecule has 2 heterocycles. The molecule has 1 aliphatic heterocycles. The number of benzene rings is 1. The fourth-order valence-corrected chi connectivity index (χ4v) is 2.68. The highest BCUT2D eigenvalue weighted by Crippen LogP contribution is 2.16. The molecule has 0 saturated heterocycles. The molecule has 0 bridgehead atoms. The lowest BCUT2D eigenvalue weighted by Gasteiger charge is -2.27. The number of nitrogens with one attached hydrogen (secondary N) is 1. The van der Waals surface area contributed by atoms with Crippen molar-refractivity contribution >= 4 is 0 Å². The summed E-state index contributed by atoms with van der Waals surface area (Å²) < 4.78 is 0. The Bertz CT molecular complexity index is 755. The van der Waals surface area contributed by atoms with Crippen LogP contribution in [0.2, 0.25) is 0 Å². The molecule has 0 amide bonds. The first-order valence-corrected chi connectivity index (χ1v) is 6.96. The quantitative estimate of drug-likeness (QED) is 0.905. The first-order chi connectivity index (χ1) is 10.2. The maximum atomic E-state index is 12.0. The zero-order valence-corrected chi connectivity index (χ0v) is 11.9. The van der Waals surface area contributed by atoms with E-state index in [4.69, 9.17) is 5.26 Å². The van der Waals surface area contributed by atoms with E-state index in [0.29, 0.717) is 17.9 Å². The van der Waals surface area contributed by atoms with Gasteiger partial charge in [-0.2, -0.15) is 5.26 Å². The topological polar surface area (TPSA) is 72.8 Å².